The van der Waals surface area contributed by atoms with Gasteiger partial charge in [-0.2, -0.15) is 0 Å². The van der Waals surface area contributed by atoms with E-state index in [0.717, 1.165) is 5.69 Å². The first-order chi connectivity index (χ1) is 8.16. The minimum Gasteiger partial charge on any atom is -0.492 e. The summed E-state index contributed by atoms with van der Waals surface area (Å²) in [5.41, 5.74) is 0.808. The lowest BCUT2D eigenvalue weighted by molar-refractivity contribution is -0.145. The van der Waals surface area contributed by atoms with Crippen molar-refractivity contribution in [3.8, 4) is 11.8 Å². The zero-order valence-corrected chi connectivity index (χ0v) is 8.83. The van der Waals surface area contributed by atoms with Crippen molar-refractivity contribution in [1.29, 1.82) is 0 Å². The Bertz CT molecular complexity index is 484. The molecule has 0 atom stereocenters. The molecular weight excluding hydrogens is 226 g/mol. The quantitative estimate of drug-likeness (QED) is 0.705. The third-order valence-corrected chi connectivity index (χ3v) is 2.14. The molecule has 0 radical (unpaired) electrons. The number of nitrogens with one attached hydrogen (secondary N) is 1. The van der Waals surface area contributed by atoms with Crippen LogP contribution < -0.4 is 4.84 Å². The van der Waals surface area contributed by atoms with Crippen LogP contribution in [0.15, 0.2) is 24.7 Å². The molecule has 0 saturated heterocycles. The van der Waals surface area contributed by atoms with Gasteiger partial charge in [0.1, 0.15) is 0 Å². The molecule has 2 heterocycles. The number of carbonyl (C=O) groups is 1. The molecule has 0 aliphatic carbocycles. The first kappa shape index (κ1) is 11.1. The molecule has 90 valence electrons. The normalized spacial score (nSPS) is 10.4. The standard InChI is InChI=1S/C10H11N3O4/c14-8-2-3-9(15)13(8)17-10(16)4-1-7-5-11-6-12-7/h2-3,5-6,14-15H,1,4H2,(H,11,12). The molecule has 2 aromatic heterocycles. The van der Waals surface area contributed by atoms with E-state index in [1.807, 2.05) is 0 Å². The molecule has 2 rings (SSSR count). The van der Waals surface area contributed by atoms with E-state index in [0.29, 0.717) is 11.2 Å². The average molecular weight is 237 g/mol. The summed E-state index contributed by atoms with van der Waals surface area (Å²) in [6.07, 6.45) is 3.68. The van der Waals surface area contributed by atoms with Crippen LogP contribution in [0.5, 0.6) is 11.8 Å². The number of imidazole rings is 1. The molecule has 0 amide bonds. The fourth-order valence-corrected chi connectivity index (χ4v) is 1.30. The fraction of sp³-hybridized carbons (Fsp3) is 0.200. The van der Waals surface area contributed by atoms with E-state index in [2.05, 4.69) is 9.97 Å². The maximum Gasteiger partial charge on any atom is 0.333 e. The van der Waals surface area contributed by atoms with E-state index in [-0.39, 0.29) is 18.2 Å². The average Bonchev–Trinajstić information content (AvgIpc) is 2.91. The molecule has 7 heteroatoms. The molecular formula is C10H11N3O4. The van der Waals surface area contributed by atoms with Crippen molar-refractivity contribution in [1.82, 2.24) is 14.7 Å². The Labute approximate surface area is 96.2 Å². The van der Waals surface area contributed by atoms with Crippen LogP contribution >= 0.6 is 0 Å². The molecule has 0 aliphatic heterocycles. The predicted molar refractivity (Wildman–Crippen MR) is 56.3 cm³/mol. The Morgan fingerprint density at radius 1 is 1.41 bits per heavy atom. The third kappa shape index (κ3) is 2.57. The summed E-state index contributed by atoms with van der Waals surface area (Å²) in [4.78, 5) is 22.8. The highest BCUT2D eigenvalue weighted by molar-refractivity contribution is 5.70. The van der Waals surface area contributed by atoms with Crippen LogP contribution in [0.25, 0.3) is 0 Å². The van der Waals surface area contributed by atoms with E-state index < -0.39 is 5.97 Å². The summed E-state index contributed by atoms with van der Waals surface area (Å²) in [6.45, 7) is 0. The van der Waals surface area contributed by atoms with Crippen LogP contribution in [-0.2, 0) is 11.2 Å². The smallest absolute Gasteiger partial charge is 0.333 e. The molecule has 0 aliphatic rings. The van der Waals surface area contributed by atoms with Crippen molar-refractivity contribution < 1.29 is 19.8 Å². The summed E-state index contributed by atoms with van der Waals surface area (Å²) >= 11 is 0. The van der Waals surface area contributed by atoms with Crippen LogP contribution in [0.3, 0.4) is 0 Å². The van der Waals surface area contributed by atoms with Crippen molar-refractivity contribution in [2.75, 3.05) is 0 Å². The van der Waals surface area contributed by atoms with Crippen LogP contribution in [0.4, 0.5) is 0 Å². The van der Waals surface area contributed by atoms with Crippen molar-refractivity contribution in [3.05, 3.63) is 30.4 Å². The van der Waals surface area contributed by atoms with E-state index in [9.17, 15) is 15.0 Å². The van der Waals surface area contributed by atoms with E-state index in [4.69, 9.17) is 4.84 Å². The Morgan fingerprint density at radius 2 is 2.12 bits per heavy atom. The largest absolute Gasteiger partial charge is 0.492 e. The van der Waals surface area contributed by atoms with Gasteiger partial charge < -0.3 is 20.0 Å². The van der Waals surface area contributed by atoms with Crippen LogP contribution in [0, 0.1) is 0 Å². The summed E-state index contributed by atoms with van der Waals surface area (Å²) < 4.78 is 0.662. The van der Waals surface area contributed by atoms with Crippen molar-refractivity contribution >= 4 is 5.97 Å². The molecule has 7 nitrogen and oxygen atoms in total. The van der Waals surface area contributed by atoms with Crippen molar-refractivity contribution in [2.24, 2.45) is 0 Å². The molecule has 0 aromatic carbocycles. The van der Waals surface area contributed by atoms with Gasteiger partial charge in [-0.05, 0) is 6.42 Å². The topological polar surface area (TPSA) is 100 Å². The molecule has 2 aromatic rings. The lowest BCUT2D eigenvalue weighted by atomic mass is 10.2. The van der Waals surface area contributed by atoms with Gasteiger partial charge >= 0.3 is 5.97 Å². The first-order valence-corrected chi connectivity index (χ1v) is 4.95. The van der Waals surface area contributed by atoms with E-state index >= 15 is 0 Å². The summed E-state index contributed by atoms with van der Waals surface area (Å²) in [6, 6.07) is 2.44. The maximum absolute atomic E-state index is 11.4. The number of hydrogen-bond donors (Lipinski definition) is 3. The summed E-state index contributed by atoms with van der Waals surface area (Å²) in [7, 11) is 0. The lowest BCUT2D eigenvalue weighted by Crippen LogP contribution is -2.19. The highest BCUT2D eigenvalue weighted by Crippen LogP contribution is 2.18. The second-order valence-corrected chi connectivity index (χ2v) is 3.38. The SMILES string of the molecule is O=C(CCc1cnc[nH]1)On1c(O)ccc1O. The minimum absolute atomic E-state index is 0.110. The monoisotopic (exact) mass is 237 g/mol. The number of aryl methyl sites for hydroxylation is 1. The van der Waals surface area contributed by atoms with Gasteiger partial charge in [0.15, 0.2) is 0 Å². The molecule has 0 saturated carbocycles. The highest BCUT2D eigenvalue weighted by Gasteiger charge is 2.12. The van der Waals surface area contributed by atoms with Gasteiger partial charge in [-0.25, -0.2) is 9.78 Å². The number of aromatic nitrogens is 3. The predicted octanol–water partition coefficient (Wildman–Crippen LogP) is 0.210. The molecule has 0 bridgehead atoms. The third-order valence-electron chi connectivity index (χ3n) is 2.14. The zero-order valence-electron chi connectivity index (χ0n) is 8.83. The van der Waals surface area contributed by atoms with Gasteiger partial charge in [0.05, 0.1) is 12.7 Å². The van der Waals surface area contributed by atoms with Crippen LogP contribution in [0.2, 0.25) is 0 Å². The Balaban J connectivity index is 1.89. The fourth-order valence-electron chi connectivity index (χ4n) is 1.30. The van der Waals surface area contributed by atoms with Gasteiger partial charge in [-0.1, -0.05) is 0 Å². The highest BCUT2D eigenvalue weighted by atomic mass is 16.7. The van der Waals surface area contributed by atoms with Crippen LogP contribution in [0.1, 0.15) is 12.1 Å². The van der Waals surface area contributed by atoms with Crippen molar-refractivity contribution in [2.45, 2.75) is 12.8 Å². The molecule has 0 fully saturated rings. The van der Waals surface area contributed by atoms with Gasteiger partial charge in [0.25, 0.3) is 0 Å². The first-order valence-electron chi connectivity index (χ1n) is 4.95. The number of H-pyrrole nitrogens is 1. The summed E-state index contributed by atoms with van der Waals surface area (Å²) in [5.74, 6) is -1.24. The van der Waals surface area contributed by atoms with Gasteiger partial charge in [0, 0.05) is 24.0 Å². The second kappa shape index (κ2) is 4.60. The molecule has 0 spiro atoms. The number of carbonyl (C=O) groups excluding carboxylic acids is 1. The maximum atomic E-state index is 11.4. The van der Waals surface area contributed by atoms with Gasteiger partial charge in [-0.15, -0.1) is 4.73 Å². The molecule has 3 N–H and O–H groups in total. The number of nitrogens with zero attached hydrogens (tertiary/aromatic N) is 2. The zero-order chi connectivity index (χ0) is 12.3. The number of rotatable bonds is 4. The van der Waals surface area contributed by atoms with Crippen molar-refractivity contribution in [3.63, 3.8) is 0 Å². The van der Waals surface area contributed by atoms with Crippen LogP contribution in [-0.4, -0.2) is 30.9 Å². The van der Waals surface area contributed by atoms with E-state index in [1.165, 1.54) is 18.5 Å². The Morgan fingerprint density at radius 3 is 2.71 bits per heavy atom. The second-order valence-electron chi connectivity index (χ2n) is 3.38. The molecule has 17 heavy (non-hydrogen) atoms. The van der Waals surface area contributed by atoms with E-state index in [1.54, 1.807) is 6.20 Å². The van der Waals surface area contributed by atoms with Gasteiger partial charge in [0.2, 0.25) is 11.8 Å². The lowest BCUT2D eigenvalue weighted by Gasteiger charge is -2.06. The summed E-state index contributed by atoms with van der Waals surface area (Å²) in [5, 5.41) is 18.5. The Kier molecular flexibility index (Phi) is 2.99. The molecule has 0 unspecified atom stereocenters. The number of aromatic hydroxyl groups is 2. The number of aromatic amines is 1. The Hall–Kier alpha value is -2.44. The minimum atomic E-state index is -0.568. The van der Waals surface area contributed by atoms with Gasteiger partial charge in [-0.3, -0.25) is 0 Å². The number of hydrogen-bond acceptors (Lipinski definition) is 5.